The average molecular weight is 403 g/mol. The molecular weight excluding hydrogens is 382 g/mol. The highest BCUT2D eigenvalue weighted by molar-refractivity contribution is 5.82. The predicted octanol–water partition coefficient (Wildman–Crippen LogP) is -0.236. The van der Waals surface area contributed by atoms with E-state index in [0.29, 0.717) is 28.3 Å². The normalized spacial score (nSPS) is 24.1. The molecule has 1 saturated heterocycles. The van der Waals surface area contributed by atoms with Gasteiger partial charge in [0.15, 0.2) is 23.2 Å². The fourth-order valence-electron chi connectivity index (χ4n) is 3.37. The summed E-state index contributed by atoms with van der Waals surface area (Å²) < 4.78 is 12.3. The number of aromatic nitrogens is 4. The van der Waals surface area contributed by atoms with Gasteiger partial charge < -0.3 is 35.2 Å². The van der Waals surface area contributed by atoms with Crippen molar-refractivity contribution in [2.45, 2.75) is 31.1 Å². The Hall–Kier alpha value is -2.99. The van der Waals surface area contributed by atoms with Gasteiger partial charge in [0.2, 0.25) is 0 Å². The van der Waals surface area contributed by atoms with E-state index in [1.807, 2.05) is 0 Å². The van der Waals surface area contributed by atoms with Crippen LogP contribution in [0.5, 0.6) is 11.5 Å². The molecule has 11 heteroatoms. The minimum atomic E-state index is -1.25. The average Bonchev–Trinajstić information content (AvgIpc) is 3.28. The van der Waals surface area contributed by atoms with Gasteiger partial charge in [-0.05, 0) is 12.1 Å². The maximum Gasteiger partial charge on any atom is 0.167 e. The Bertz CT molecular complexity index is 1010. The predicted molar refractivity (Wildman–Crippen MR) is 100 cm³/mol. The van der Waals surface area contributed by atoms with E-state index in [1.54, 1.807) is 18.2 Å². The second-order valence-electron chi connectivity index (χ2n) is 6.59. The van der Waals surface area contributed by atoms with Crippen molar-refractivity contribution >= 4 is 17.0 Å². The molecular formula is C18H21N5O6. The fourth-order valence-corrected chi connectivity index (χ4v) is 3.37. The van der Waals surface area contributed by atoms with Gasteiger partial charge in [-0.15, -0.1) is 0 Å². The molecule has 154 valence electrons. The quantitative estimate of drug-likeness (QED) is 0.372. The zero-order valence-corrected chi connectivity index (χ0v) is 15.5. The van der Waals surface area contributed by atoms with Crippen LogP contribution >= 0.6 is 0 Å². The first kappa shape index (κ1) is 19.3. The molecule has 29 heavy (non-hydrogen) atoms. The Balaban J connectivity index is 1.62. The lowest BCUT2D eigenvalue weighted by Gasteiger charge is -2.16. The van der Waals surface area contributed by atoms with Gasteiger partial charge in [-0.1, -0.05) is 6.07 Å². The summed E-state index contributed by atoms with van der Waals surface area (Å²) in [4.78, 5) is 12.7. The molecule has 0 amide bonds. The number of methoxy groups -OCH3 is 1. The van der Waals surface area contributed by atoms with Crippen LogP contribution in [0.1, 0.15) is 11.8 Å². The van der Waals surface area contributed by atoms with Crippen molar-refractivity contribution in [1.29, 1.82) is 0 Å². The molecule has 0 spiro atoms. The van der Waals surface area contributed by atoms with E-state index in [4.69, 9.17) is 9.47 Å². The van der Waals surface area contributed by atoms with Crippen molar-refractivity contribution in [2.24, 2.45) is 0 Å². The number of hydrogen-bond donors (Lipinski definition) is 5. The highest BCUT2D eigenvalue weighted by Crippen LogP contribution is 2.33. The van der Waals surface area contributed by atoms with Crippen molar-refractivity contribution in [3.05, 3.63) is 36.4 Å². The number of ether oxygens (including phenoxy) is 2. The maximum atomic E-state index is 10.3. The summed E-state index contributed by atoms with van der Waals surface area (Å²) in [6.45, 7) is -0.200. The van der Waals surface area contributed by atoms with E-state index in [1.165, 1.54) is 24.3 Å². The Morgan fingerprint density at radius 1 is 1.21 bits per heavy atom. The third kappa shape index (κ3) is 3.34. The van der Waals surface area contributed by atoms with Crippen LogP contribution in [0.2, 0.25) is 0 Å². The van der Waals surface area contributed by atoms with Gasteiger partial charge in [-0.3, -0.25) is 4.57 Å². The van der Waals surface area contributed by atoms with Crippen molar-refractivity contribution < 1.29 is 29.9 Å². The topological polar surface area (TPSA) is 155 Å². The number of nitrogens with zero attached hydrogens (tertiary/aromatic N) is 4. The monoisotopic (exact) mass is 403 g/mol. The molecule has 3 aromatic rings. The summed E-state index contributed by atoms with van der Waals surface area (Å²) in [6.07, 6.45) is -1.58. The molecule has 1 aliphatic rings. The number of aliphatic hydroxyl groups excluding tert-OH is 3. The molecule has 1 aromatic carbocycles. The lowest BCUT2D eigenvalue weighted by atomic mass is 10.1. The number of benzene rings is 1. The van der Waals surface area contributed by atoms with Crippen LogP contribution in [-0.4, -0.2) is 72.0 Å². The van der Waals surface area contributed by atoms with Crippen LogP contribution in [0.3, 0.4) is 0 Å². The molecule has 1 fully saturated rings. The smallest absolute Gasteiger partial charge is 0.167 e. The second-order valence-corrected chi connectivity index (χ2v) is 6.59. The molecule has 4 atom stereocenters. The highest BCUT2D eigenvalue weighted by Gasteiger charge is 2.44. The Morgan fingerprint density at radius 2 is 2.03 bits per heavy atom. The zero-order valence-electron chi connectivity index (χ0n) is 15.5. The van der Waals surface area contributed by atoms with E-state index in [-0.39, 0.29) is 12.3 Å². The number of fused-ring (bicyclic) bond motifs is 1. The number of rotatable bonds is 6. The van der Waals surface area contributed by atoms with Gasteiger partial charge in [0.1, 0.15) is 36.1 Å². The van der Waals surface area contributed by atoms with E-state index >= 15 is 0 Å². The molecule has 2 aromatic heterocycles. The number of phenols is 1. The summed E-state index contributed by atoms with van der Waals surface area (Å²) >= 11 is 0. The van der Waals surface area contributed by atoms with Crippen LogP contribution in [0.4, 0.5) is 5.82 Å². The number of imidazole rings is 1. The Labute approximate surface area is 165 Å². The van der Waals surface area contributed by atoms with Gasteiger partial charge in [0.25, 0.3) is 0 Å². The summed E-state index contributed by atoms with van der Waals surface area (Å²) in [5.41, 5.74) is 1.35. The zero-order chi connectivity index (χ0) is 20.5. The van der Waals surface area contributed by atoms with E-state index in [2.05, 4.69) is 20.3 Å². The number of nitrogens with one attached hydrogen (secondary N) is 1. The van der Waals surface area contributed by atoms with Crippen LogP contribution in [0.25, 0.3) is 11.2 Å². The van der Waals surface area contributed by atoms with Crippen molar-refractivity contribution in [1.82, 2.24) is 19.5 Å². The third-order valence-electron chi connectivity index (χ3n) is 4.91. The van der Waals surface area contributed by atoms with Crippen LogP contribution in [0.15, 0.2) is 30.9 Å². The molecule has 4 rings (SSSR count). The molecule has 11 nitrogen and oxygen atoms in total. The van der Waals surface area contributed by atoms with Gasteiger partial charge in [0, 0.05) is 6.54 Å². The van der Waals surface area contributed by atoms with Crippen molar-refractivity contribution in [3.8, 4) is 11.5 Å². The number of aromatic hydroxyl groups is 1. The molecule has 5 N–H and O–H groups in total. The summed E-state index contributed by atoms with van der Waals surface area (Å²) in [5, 5.41) is 42.7. The molecule has 0 aliphatic carbocycles. The van der Waals surface area contributed by atoms with E-state index in [9.17, 15) is 20.4 Å². The largest absolute Gasteiger partial charge is 0.507 e. The molecule has 0 saturated carbocycles. The summed E-state index contributed by atoms with van der Waals surface area (Å²) in [7, 11) is 1.52. The van der Waals surface area contributed by atoms with Crippen LogP contribution in [0, 0.1) is 0 Å². The first-order chi connectivity index (χ1) is 14.0. The summed E-state index contributed by atoms with van der Waals surface area (Å²) in [6, 6.07) is 4.98. The Morgan fingerprint density at radius 3 is 2.76 bits per heavy atom. The minimum absolute atomic E-state index is 0.0826. The Kier molecular flexibility index (Phi) is 5.20. The van der Waals surface area contributed by atoms with Gasteiger partial charge in [-0.25, -0.2) is 15.0 Å². The van der Waals surface area contributed by atoms with E-state index < -0.39 is 31.1 Å². The van der Waals surface area contributed by atoms with Gasteiger partial charge in [0.05, 0.1) is 25.6 Å². The van der Waals surface area contributed by atoms with Gasteiger partial charge >= 0.3 is 0 Å². The number of phenolic OH excluding ortho intramolecular Hbond substituents is 1. The number of aliphatic hydroxyl groups is 3. The number of anilines is 1. The number of hydrogen-bond acceptors (Lipinski definition) is 10. The van der Waals surface area contributed by atoms with Crippen LogP contribution in [-0.2, 0) is 11.3 Å². The third-order valence-corrected chi connectivity index (χ3v) is 4.91. The molecule has 0 radical (unpaired) electrons. The summed E-state index contributed by atoms with van der Waals surface area (Å²) in [5.74, 6) is 1.02. The highest BCUT2D eigenvalue weighted by atomic mass is 16.6. The molecule has 3 heterocycles. The molecule has 1 aliphatic heterocycles. The minimum Gasteiger partial charge on any atom is -0.507 e. The maximum absolute atomic E-state index is 10.3. The lowest BCUT2D eigenvalue weighted by Crippen LogP contribution is -2.33. The molecule has 1 unspecified atom stereocenters. The standard InChI is InChI=1S/C18H21N5O6/c1-28-11-4-2-3-10(25)9(11)5-19-16-13-17(21-7-20-16)23(8-22-13)18-15(27)14(26)12(6-24)29-18/h2-4,7-8,12,14-15,18,24-27H,5-6H2,1H3,(H,19,20,21)/t12-,14-,15+,18?/m1/s1. The first-order valence-electron chi connectivity index (χ1n) is 8.93. The fraction of sp³-hybridized carbons (Fsp3) is 0.389. The van der Waals surface area contributed by atoms with Crippen molar-refractivity contribution in [3.63, 3.8) is 0 Å². The second kappa shape index (κ2) is 7.79. The van der Waals surface area contributed by atoms with Crippen molar-refractivity contribution in [2.75, 3.05) is 19.0 Å². The van der Waals surface area contributed by atoms with Gasteiger partial charge in [-0.2, -0.15) is 0 Å². The van der Waals surface area contributed by atoms with Crippen LogP contribution < -0.4 is 10.1 Å². The first-order valence-corrected chi connectivity index (χ1v) is 8.93. The SMILES string of the molecule is COc1cccc(O)c1CNc1ncnc2c1ncn2C1O[C@H](CO)[C@@H](O)[C@@H]1O. The lowest BCUT2D eigenvalue weighted by molar-refractivity contribution is -0.0511. The van der Waals surface area contributed by atoms with E-state index in [0.717, 1.165) is 0 Å². The molecule has 0 bridgehead atoms.